The molecule has 6 nitrogen and oxygen atoms in total. The molecule has 1 fully saturated rings. The summed E-state index contributed by atoms with van der Waals surface area (Å²) in [5.41, 5.74) is 6.84. The number of ether oxygens (including phenoxy) is 5. The maximum absolute atomic E-state index is 11.7. The van der Waals surface area contributed by atoms with Crippen LogP contribution in [0, 0.1) is 13.8 Å². The summed E-state index contributed by atoms with van der Waals surface area (Å²) < 4.78 is 28.6. The SMILES string of the molecule is COC(=O)CC1COc2cc(OCc3cccc(-c4c(C)cc(OCC5CCCCO5)cc4C)c3)ccc21. The molecule has 0 aliphatic carbocycles. The maximum Gasteiger partial charge on any atom is 0.306 e. The van der Waals surface area contributed by atoms with Crippen LogP contribution in [0.15, 0.2) is 54.6 Å². The van der Waals surface area contributed by atoms with Gasteiger partial charge in [0.15, 0.2) is 0 Å². The largest absolute Gasteiger partial charge is 0.492 e. The van der Waals surface area contributed by atoms with E-state index in [1.54, 1.807) is 0 Å². The van der Waals surface area contributed by atoms with Crippen molar-refractivity contribution in [1.82, 2.24) is 0 Å². The van der Waals surface area contributed by atoms with Crippen LogP contribution in [0.3, 0.4) is 0 Å². The van der Waals surface area contributed by atoms with Crippen molar-refractivity contribution in [3.63, 3.8) is 0 Å². The van der Waals surface area contributed by atoms with E-state index < -0.39 is 0 Å². The molecule has 6 heteroatoms. The average molecular weight is 517 g/mol. The predicted molar refractivity (Wildman–Crippen MR) is 146 cm³/mol. The third-order valence-corrected chi connectivity index (χ3v) is 7.34. The summed E-state index contributed by atoms with van der Waals surface area (Å²) in [6, 6.07) is 18.5. The molecule has 3 aromatic rings. The smallest absolute Gasteiger partial charge is 0.306 e. The van der Waals surface area contributed by atoms with Crippen molar-refractivity contribution < 1.29 is 28.5 Å². The van der Waals surface area contributed by atoms with Crippen LogP contribution in [0.4, 0.5) is 0 Å². The van der Waals surface area contributed by atoms with Gasteiger partial charge in [-0.05, 0) is 85.2 Å². The highest BCUT2D eigenvalue weighted by molar-refractivity contribution is 5.72. The van der Waals surface area contributed by atoms with Crippen molar-refractivity contribution in [2.45, 2.75) is 58.2 Å². The molecule has 0 saturated carbocycles. The summed E-state index contributed by atoms with van der Waals surface area (Å²) >= 11 is 0. The van der Waals surface area contributed by atoms with Gasteiger partial charge in [0, 0.05) is 24.2 Å². The lowest BCUT2D eigenvalue weighted by Gasteiger charge is -2.23. The molecular formula is C32H36O6. The van der Waals surface area contributed by atoms with Crippen LogP contribution in [-0.4, -0.2) is 39.0 Å². The molecule has 0 spiro atoms. The Labute approximate surface area is 224 Å². The number of benzene rings is 3. The summed E-state index contributed by atoms with van der Waals surface area (Å²) in [7, 11) is 1.41. The third-order valence-electron chi connectivity index (χ3n) is 7.34. The summed E-state index contributed by atoms with van der Waals surface area (Å²) in [5, 5.41) is 0. The van der Waals surface area contributed by atoms with Crippen LogP contribution in [-0.2, 0) is 20.9 Å². The van der Waals surface area contributed by atoms with E-state index in [4.69, 9.17) is 23.7 Å². The number of methoxy groups -OCH3 is 1. The average Bonchev–Trinajstić information content (AvgIpc) is 3.33. The van der Waals surface area contributed by atoms with E-state index in [-0.39, 0.29) is 18.0 Å². The van der Waals surface area contributed by atoms with Gasteiger partial charge in [-0.3, -0.25) is 4.79 Å². The first-order valence-corrected chi connectivity index (χ1v) is 13.4. The molecule has 200 valence electrons. The standard InChI is InChI=1S/C32H36O6/c1-21-13-28(37-20-27-9-4-5-12-35-27)14-22(2)32(21)24-8-6-7-23(15-24)18-36-26-10-11-29-25(16-31(33)34-3)19-38-30(29)17-26/h6-8,10-11,13-15,17,25,27H,4-5,9,12,16,18-20H2,1-3H3. The van der Waals surface area contributed by atoms with Crippen LogP contribution < -0.4 is 14.2 Å². The van der Waals surface area contributed by atoms with Gasteiger partial charge >= 0.3 is 5.97 Å². The Morgan fingerprint density at radius 3 is 2.58 bits per heavy atom. The number of aryl methyl sites for hydroxylation is 2. The van der Waals surface area contributed by atoms with Crippen molar-refractivity contribution >= 4 is 5.97 Å². The minimum absolute atomic E-state index is 0.0204. The molecule has 0 N–H and O–H groups in total. The Bertz CT molecular complexity index is 1250. The van der Waals surface area contributed by atoms with Gasteiger partial charge in [0.25, 0.3) is 0 Å². The topological polar surface area (TPSA) is 63.2 Å². The second kappa shape index (κ2) is 11.9. The molecule has 2 atom stereocenters. The van der Waals surface area contributed by atoms with Crippen LogP contribution in [0.1, 0.15) is 53.9 Å². The lowest BCUT2D eigenvalue weighted by molar-refractivity contribution is -0.141. The molecule has 0 bridgehead atoms. The van der Waals surface area contributed by atoms with Crippen LogP contribution >= 0.6 is 0 Å². The van der Waals surface area contributed by atoms with Crippen molar-refractivity contribution in [3.8, 4) is 28.4 Å². The van der Waals surface area contributed by atoms with Crippen molar-refractivity contribution in [2.24, 2.45) is 0 Å². The van der Waals surface area contributed by atoms with Gasteiger partial charge in [0.2, 0.25) is 0 Å². The van der Waals surface area contributed by atoms with E-state index >= 15 is 0 Å². The van der Waals surface area contributed by atoms with Gasteiger partial charge in [-0.15, -0.1) is 0 Å². The minimum Gasteiger partial charge on any atom is -0.492 e. The highest BCUT2D eigenvalue weighted by Crippen LogP contribution is 2.39. The highest BCUT2D eigenvalue weighted by Gasteiger charge is 2.27. The Morgan fingerprint density at radius 2 is 1.82 bits per heavy atom. The first-order valence-electron chi connectivity index (χ1n) is 13.4. The van der Waals surface area contributed by atoms with Crippen LogP contribution in [0.5, 0.6) is 17.2 Å². The minimum atomic E-state index is -0.228. The summed E-state index contributed by atoms with van der Waals surface area (Å²) in [6.45, 7) is 6.63. The first-order chi connectivity index (χ1) is 18.5. The molecule has 3 aromatic carbocycles. The molecule has 0 amide bonds. The van der Waals surface area contributed by atoms with Gasteiger partial charge < -0.3 is 23.7 Å². The van der Waals surface area contributed by atoms with E-state index in [0.717, 1.165) is 53.4 Å². The molecule has 0 radical (unpaired) electrons. The summed E-state index contributed by atoms with van der Waals surface area (Å²) in [4.78, 5) is 11.7. The van der Waals surface area contributed by atoms with E-state index in [1.165, 1.54) is 30.2 Å². The molecule has 5 rings (SSSR count). The van der Waals surface area contributed by atoms with Gasteiger partial charge in [-0.2, -0.15) is 0 Å². The van der Waals surface area contributed by atoms with E-state index in [0.29, 0.717) is 26.2 Å². The fourth-order valence-corrected chi connectivity index (χ4v) is 5.37. The Kier molecular flexibility index (Phi) is 8.18. The Hall–Kier alpha value is -3.51. The molecule has 2 heterocycles. The zero-order chi connectivity index (χ0) is 26.5. The Morgan fingerprint density at radius 1 is 0.974 bits per heavy atom. The monoisotopic (exact) mass is 516 g/mol. The van der Waals surface area contributed by atoms with Gasteiger partial charge in [-0.1, -0.05) is 24.3 Å². The van der Waals surface area contributed by atoms with Crippen molar-refractivity contribution in [2.75, 3.05) is 26.9 Å². The molecule has 2 unspecified atom stereocenters. The summed E-state index contributed by atoms with van der Waals surface area (Å²) in [6.07, 6.45) is 3.94. The van der Waals surface area contributed by atoms with Crippen molar-refractivity contribution in [1.29, 1.82) is 0 Å². The maximum atomic E-state index is 11.7. The van der Waals surface area contributed by atoms with Gasteiger partial charge in [0.1, 0.15) is 30.5 Å². The number of fused-ring (bicyclic) bond motifs is 1. The van der Waals surface area contributed by atoms with E-state index in [1.807, 2.05) is 18.2 Å². The zero-order valence-corrected chi connectivity index (χ0v) is 22.5. The lowest BCUT2D eigenvalue weighted by Crippen LogP contribution is -2.25. The molecule has 2 aliphatic heterocycles. The number of carbonyl (C=O) groups excluding carboxylic acids is 1. The van der Waals surface area contributed by atoms with Gasteiger partial charge in [0.05, 0.1) is 26.2 Å². The zero-order valence-electron chi connectivity index (χ0n) is 22.5. The molecule has 38 heavy (non-hydrogen) atoms. The molecule has 2 aliphatic rings. The lowest BCUT2D eigenvalue weighted by atomic mass is 9.94. The second-order valence-electron chi connectivity index (χ2n) is 10.2. The molecule has 1 saturated heterocycles. The second-order valence-corrected chi connectivity index (χ2v) is 10.2. The third kappa shape index (κ3) is 6.13. The fraction of sp³-hybridized carbons (Fsp3) is 0.406. The molecular weight excluding hydrogens is 480 g/mol. The predicted octanol–water partition coefficient (Wildman–Crippen LogP) is 6.54. The Balaban J connectivity index is 1.23. The normalized spacial score (nSPS) is 18.4. The van der Waals surface area contributed by atoms with Crippen molar-refractivity contribution in [3.05, 3.63) is 76.9 Å². The van der Waals surface area contributed by atoms with Gasteiger partial charge in [-0.25, -0.2) is 0 Å². The van der Waals surface area contributed by atoms with E-state index in [9.17, 15) is 4.79 Å². The number of hydrogen-bond acceptors (Lipinski definition) is 6. The first kappa shape index (κ1) is 26.1. The fourth-order valence-electron chi connectivity index (χ4n) is 5.37. The highest BCUT2D eigenvalue weighted by atomic mass is 16.5. The summed E-state index contributed by atoms with van der Waals surface area (Å²) in [5.74, 6) is 2.20. The molecule has 0 aromatic heterocycles. The van der Waals surface area contributed by atoms with E-state index in [2.05, 4.69) is 50.2 Å². The number of hydrogen-bond donors (Lipinski definition) is 0. The quantitative estimate of drug-likeness (QED) is 0.301. The number of rotatable bonds is 9. The van der Waals surface area contributed by atoms with Crippen LogP contribution in [0.2, 0.25) is 0 Å². The number of esters is 1. The van der Waals surface area contributed by atoms with Crippen LogP contribution in [0.25, 0.3) is 11.1 Å². The number of carbonyl (C=O) groups is 1.